The monoisotopic (exact) mass is 305 g/mol. The van der Waals surface area contributed by atoms with E-state index in [9.17, 15) is 12.8 Å². The van der Waals surface area contributed by atoms with Crippen LogP contribution in [0.1, 0.15) is 11.7 Å². The number of ether oxygens (including phenoxy) is 2. The Morgan fingerprint density at radius 2 is 1.85 bits per heavy atom. The molecule has 7 heteroatoms. The number of hydrogen-bond donors (Lipinski definition) is 1. The van der Waals surface area contributed by atoms with Gasteiger partial charge in [-0.15, -0.1) is 0 Å². The van der Waals surface area contributed by atoms with Crippen LogP contribution in [-0.4, -0.2) is 47.7 Å². The third-order valence-electron chi connectivity index (χ3n) is 2.94. The molecule has 0 fully saturated rings. The van der Waals surface area contributed by atoms with E-state index in [0.717, 1.165) is 0 Å². The molecule has 0 heterocycles. The summed E-state index contributed by atoms with van der Waals surface area (Å²) >= 11 is 0. The molecule has 0 saturated carbocycles. The predicted octanol–water partition coefficient (Wildman–Crippen LogP) is 1.09. The van der Waals surface area contributed by atoms with Crippen molar-refractivity contribution in [1.82, 2.24) is 0 Å². The van der Waals surface area contributed by atoms with Crippen molar-refractivity contribution in [2.45, 2.75) is 17.0 Å². The molecule has 1 aromatic rings. The summed E-state index contributed by atoms with van der Waals surface area (Å²) < 4.78 is 46.4. The van der Waals surface area contributed by atoms with Crippen molar-refractivity contribution in [3.8, 4) is 0 Å². The van der Waals surface area contributed by atoms with Gasteiger partial charge in [-0.2, -0.15) is 0 Å². The smallest absolute Gasteiger partial charge is 0.180 e. The Bertz CT molecular complexity index is 504. The van der Waals surface area contributed by atoms with Gasteiger partial charge in [-0.05, 0) is 17.7 Å². The third kappa shape index (κ3) is 4.24. The van der Waals surface area contributed by atoms with E-state index in [1.54, 1.807) is 12.1 Å². The van der Waals surface area contributed by atoms with Gasteiger partial charge in [0.05, 0.1) is 29.4 Å². The maximum absolute atomic E-state index is 12.6. The number of rotatable bonds is 8. The van der Waals surface area contributed by atoms with E-state index in [1.807, 2.05) is 0 Å². The summed E-state index contributed by atoms with van der Waals surface area (Å²) in [5.41, 5.74) is 6.26. The van der Waals surface area contributed by atoms with Gasteiger partial charge in [0, 0.05) is 14.2 Å². The van der Waals surface area contributed by atoms with Crippen LogP contribution >= 0.6 is 0 Å². The first-order valence-electron chi connectivity index (χ1n) is 6.12. The zero-order valence-corrected chi connectivity index (χ0v) is 12.4. The number of sulfone groups is 1. The molecular formula is C13H20FNO4S. The fourth-order valence-electron chi connectivity index (χ4n) is 1.81. The minimum absolute atomic E-state index is 0.0828. The molecular weight excluding hydrogens is 285 g/mol. The molecule has 0 aromatic heterocycles. The normalized spacial score (nSPS) is 15.0. The van der Waals surface area contributed by atoms with Crippen LogP contribution in [0, 0.1) is 0 Å². The molecule has 1 rings (SSSR count). The molecule has 2 N–H and O–H groups in total. The summed E-state index contributed by atoms with van der Waals surface area (Å²) in [6.45, 7) is -0.579. The van der Waals surface area contributed by atoms with Gasteiger partial charge in [-0.3, -0.25) is 0 Å². The zero-order chi connectivity index (χ0) is 15.2. The van der Waals surface area contributed by atoms with Gasteiger partial charge in [0.15, 0.2) is 9.84 Å². The highest BCUT2D eigenvalue weighted by molar-refractivity contribution is 7.91. The van der Waals surface area contributed by atoms with Crippen LogP contribution in [0.5, 0.6) is 0 Å². The zero-order valence-electron chi connectivity index (χ0n) is 11.6. The van der Waals surface area contributed by atoms with Crippen LogP contribution in [0.15, 0.2) is 29.2 Å². The maximum Gasteiger partial charge on any atom is 0.180 e. The Morgan fingerprint density at radius 1 is 1.25 bits per heavy atom. The van der Waals surface area contributed by atoms with Crippen LogP contribution < -0.4 is 5.73 Å². The Kier molecular flexibility index (Phi) is 6.54. The van der Waals surface area contributed by atoms with E-state index in [4.69, 9.17) is 15.2 Å². The number of benzene rings is 1. The number of halogens is 1. The first-order chi connectivity index (χ1) is 9.46. The second kappa shape index (κ2) is 7.68. The van der Waals surface area contributed by atoms with Crippen LogP contribution in [0.3, 0.4) is 0 Å². The lowest BCUT2D eigenvalue weighted by Crippen LogP contribution is -2.31. The van der Waals surface area contributed by atoms with Crippen molar-refractivity contribution in [2.24, 2.45) is 5.73 Å². The molecule has 0 amide bonds. The van der Waals surface area contributed by atoms with Crippen molar-refractivity contribution in [3.05, 3.63) is 29.8 Å². The van der Waals surface area contributed by atoms with E-state index in [2.05, 4.69) is 0 Å². The number of alkyl halides is 1. The molecule has 2 atom stereocenters. The van der Waals surface area contributed by atoms with Crippen LogP contribution in [0.25, 0.3) is 0 Å². The lowest BCUT2D eigenvalue weighted by Gasteiger charge is -2.20. The predicted molar refractivity (Wildman–Crippen MR) is 74.1 cm³/mol. The summed E-state index contributed by atoms with van der Waals surface area (Å²) in [5, 5.41) is 0. The Balaban J connectivity index is 2.93. The lowest BCUT2D eigenvalue weighted by atomic mass is 10.0. The number of nitrogens with two attached hydrogens (primary N) is 1. The SMILES string of the molecule is COCCS(=O)(=O)c1ccc([C@@H](OC)[C@H](N)CF)cc1. The minimum atomic E-state index is -3.37. The minimum Gasteiger partial charge on any atom is -0.384 e. The fraction of sp³-hybridized carbons (Fsp3) is 0.538. The largest absolute Gasteiger partial charge is 0.384 e. The van der Waals surface area contributed by atoms with E-state index in [-0.39, 0.29) is 17.3 Å². The van der Waals surface area contributed by atoms with Gasteiger partial charge in [-0.1, -0.05) is 12.1 Å². The van der Waals surface area contributed by atoms with Gasteiger partial charge in [-0.25, -0.2) is 12.8 Å². The molecule has 5 nitrogen and oxygen atoms in total. The Hall–Kier alpha value is -1.02. The van der Waals surface area contributed by atoms with E-state index >= 15 is 0 Å². The molecule has 0 aliphatic carbocycles. The number of methoxy groups -OCH3 is 2. The third-order valence-corrected chi connectivity index (χ3v) is 4.64. The average molecular weight is 305 g/mol. The topological polar surface area (TPSA) is 78.6 Å². The first kappa shape index (κ1) is 17.0. The first-order valence-corrected chi connectivity index (χ1v) is 7.77. The van der Waals surface area contributed by atoms with E-state index in [0.29, 0.717) is 5.56 Å². The highest BCUT2D eigenvalue weighted by Gasteiger charge is 2.20. The van der Waals surface area contributed by atoms with E-state index < -0.39 is 28.7 Å². The molecule has 0 radical (unpaired) electrons. The summed E-state index contributed by atoms with van der Waals surface area (Å²) in [6.07, 6.45) is -0.601. The second-order valence-electron chi connectivity index (χ2n) is 4.36. The fourth-order valence-corrected chi connectivity index (χ4v) is 2.99. The van der Waals surface area contributed by atoms with Gasteiger partial charge in [0.25, 0.3) is 0 Å². The van der Waals surface area contributed by atoms with Crippen molar-refractivity contribution < 1.29 is 22.3 Å². The van der Waals surface area contributed by atoms with Crippen molar-refractivity contribution in [3.63, 3.8) is 0 Å². The van der Waals surface area contributed by atoms with Crippen molar-refractivity contribution in [1.29, 1.82) is 0 Å². The summed E-state index contributed by atoms with van der Waals surface area (Å²) in [4.78, 5) is 0.196. The molecule has 20 heavy (non-hydrogen) atoms. The van der Waals surface area contributed by atoms with E-state index in [1.165, 1.54) is 26.4 Å². The van der Waals surface area contributed by atoms with Crippen LogP contribution in [0.2, 0.25) is 0 Å². The molecule has 0 saturated heterocycles. The molecule has 114 valence electrons. The highest BCUT2D eigenvalue weighted by atomic mass is 32.2. The average Bonchev–Trinajstić information content (AvgIpc) is 2.46. The molecule has 0 bridgehead atoms. The quantitative estimate of drug-likeness (QED) is 0.778. The van der Waals surface area contributed by atoms with Gasteiger partial charge in [0.2, 0.25) is 0 Å². The molecule has 0 spiro atoms. The van der Waals surface area contributed by atoms with Crippen molar-refractivity contribution in [2.75, 3.05) is 33.3 Å². The Morgan fingerprint density at radius 3 is 2.30 bits per heavy atom. The van der Waals surface area contributed by atoms with Crippen molar-refractivity contribution >= 4 is 9.84 Å². The summed E-state index contributed by atoms with van der Waals surface area (Å²) in [5.74, 6) is -0.0828. The molecule has 1 aromatic carbocycles. The maximum atomic E-state index is 12.6. The lowest BCUT2D eigenvalue weighted by molar-refractivity contribution is 0.0720. The van der Waals surface area contributed by atoms with Gasteiger partial charge >= 0.3 is 0 Å². The second-order valence-corrected chi connectivity index (χ2v) is 6.46. The van der Waals surface area contributed by atoms with Gasteiger partial charge < -0.3 is 15.2 Å². The van der Waals surface area contributed by atoms with Crippen LogP contribution in [-0.2, 0) is 19.3 Å². The standard InChI is InChI=1S/C13H20FNO4S/c1-18-7-8-20(16,17)11-5-3-10(4-6-11)13(19-2)12(15)9-14/h3-6,12-13H,7-9,15H2,1-2H3/t12-,13-/m1/s1. The van der Waals surface area contributed by atoms with Gasteiger partial charge in [0.1, 0.15) is 6.67 Å². The Labute approximate surface area is 118 Å². The highest BCUT2D eigenvalue weighted by Crippen LogP contribution is 2.22. The van der Waals surface area contributed by atoms with Crippen LogP contribution in [0.4, 0.5) is 4.39 Å². The molecule has 0 aliphatic heterocycles. The summed E-state index contributed by atoms with van der Waals surface area (Å²) in [6, 6.07) is 5.33. The summed E-state index contributed by atoms with van der Waals surface area (Å²) in [7, 11) is -0.490. The molecule has 0 unspecified atom stereocenters. The molecule has 0 aliphatic rings. The number of hydrogen-bond acceptors (Lipinski definition) is 5.